The number of thioether (sulfide) groups is 1. The van der Waals surface area contributed by atoms with E-state index < -0.39 is 0 Å². The molecule has 1 aromatic rings. The second kappa shape index (κ2) is 6.41. The third-order valence-corrected chi connectivity index (χ3v) is 4.57. The van der Waals surface area contributed by atoms with Crippen molar-refractivity contribution in [2.75, 3.05) is 6.26 Å². The molecule has 0 radical (unpaired) electrons. The molecule has 3 heteroatoms. The molecule has 1 aliphatic rings. The van der Waals surface area contributed by atoms with Crippen LogP contribution in [0, 0.1) is 6.92 Å². The number of hydrogen-bond donors (Lipinski definition) is 1. The van der Waals surface area contributed by atoms with E-state index in [1.165, 1.54) is 25.7 Å². The van der Waals surface area contributed by atoms with Crippen molar-refractivity contribution in [3.8, 4) is 0 Å². The van der Waals surface area contributed by atoms with Crippen LogP contribution in [0.4, 0.5) is 0 Å². The van der Waals surface area contributed by atoms with Gasteiger partial charge in [-0.2, -0.15) is 11.8 Å². The summed E-state index contributed by atoms with van der Waals surface area (Å²) >= 11 is 2.02. The second-order valence-corrected chi connectivity index (χ2v) is 6.01. The summed E-state index contributed by atoms with van der Waals surface area (Å²) in [5.74, 6) is 0. The molecule has 1 N–H and O–H groups in total. The van der Waals surface area contributed by atoms with E-state index in [0.717, 1.165) is 23.2 Å². The minimum atomic E-state index is 0.684. The molecule has 1 aliphatic carbocycles. The quantitative estimate of drug-likeness (QED) is 0.888. The lowest BCUT2D eigenvalue weighted by Gasteiger charge is -2.28. The molecule has 2 rings (SSSR count). The first kappa shape index (κ1) is 12.9. The van der Waals surface area contributed by atoms with Crippen molar-refractivity contribution in [3.63, 3.8) is 0 Å². The molecule has 2 atom stereocenters. The van der Waals surface area contributed by atoms with Crippen LogP contribution < -0.4 is 5.32 Å². The summed E-state index contributed by atoms with van der Waals surface area (Å²) in [5, 5.41) is 4.51. The highest BCUT2D eigenvalue weighted by atomic mass is 32.2. The summed E-state index contributed by atoms with van der Waals surface area (Å²) < 4.78 is 0. The van der Waals surface area contributed by atoms with Gasteiger partial charge in [0, 0.05) is 23.5 Å². The van der Waals surface area contributed by atoms with Crippen LogP contribution in [0.2, 0.25) is 0 Å². The maximum absolute atomic E-state index is 4.53. The zero-order chi connectivity index (χ0) is 12.1. The minimum absolute atomic E-state index is 0.684. The van der Waals surface area contributed by atoms with Crippen LogP contribution in [0.15, 0.2) is 18.2 Å². The summed E-state index contributed by atoms with van der Waals surface area (Å²) in [5.41, 5.74) is 2.27. The predicted molar refractivity (Wildman–Crippen MR) is 75.4 cm³/mol. The first-order valence-electron chi connectivity index (χ1n) is 6.46. The fraction of sp³-hybridized carbons (Fsp3) is 0.643. The normalized spacial score (nSPS) is 24.8. The Morgan fingerprint density at radius 1 is 1.41 bits per heavy atom. The number of aryl methyl sites for hydroxylation is 1. The van der Waals surface area contributed by atoms with Crippen LogP contribution in [-0.2, 0) is 6.54 Å². The lowest BCUT2D eigenvalue weighted by molar-refractivity contribution is 0.378. The molecule has 1 heterocycles. The molecule has 17 heavy (non-hydrogen) atoms. The van der Waals surface area contributed by atoms with Crippen molar-refractivity contribution < 1.29 is 0 Å². The van der Waals surface area contributed by atoms with Gasteiger partial charge in [-0.25, -0.2) is 0 Å². The molecule has 2 nitrogen and oxygen atoms in total. The van der Waals surface area contributed by atoms with Gasteiger partial charge in [0.2, 0.25) is 0 Å². The summed E-state index contributed by atoms with van der Waals surface area (Å²) in [6, 6.07) is 6.93. The molecule has 0 bridgehead atoms. The topological polar surface area (TPSA) is 24.9 Å². The Morgan fingerprint density at radius 3 is 3.06 bits per heavy atom. The average Bonchev–Trinajstić information content (AvgIpc) is 2.37. The molecule has 0 saturated heterocycles. The van der Waals surface area contributed by atoms with Gasteiger partial charge in [-0.3, -0.25) is 4.98 Å². The maximum Gasteiger partial charge on any atom is 0.0544 e. The highest BCUT2D eigenvalue weighted by Crippen LogP contribution is 2.26. The third kappa shape index (κ3) is 4.00. The van der Waals surface area contributed by atoms with Gasteiger partial charge in [-0.05, 0) is 44.6 Å². The van der Waals surface area contributed by atoms with Crippen LogP contribution in [0.5, 0.6) is 0 Å². The fourth-order valence-electron chi connectivity index (χ4n) is 2.49. The Hall–Kier alpha value is -0.540. The smallest absolute Gasteiger partial charge is 0.0544 e. The molecule has 94 valence electrons. The Morgan fingerprint density at radius 2 is 2.29 bits per heavy atom. The van der Waals surface area contributed by atoms with Gasteiger partial charge in [0.25, 0.3) is 0 Å². The standard InChI is InChI=1S/C14H22N2S/c1-11-5-3-7-13(16-11)10-15-12-6-4-8-14(9-12)17-2/h3,5,7,12,14-15H,4,6,8-10H2,1-2H3. The third-order valence-electron chi connectivity index (χ3n) is 3.48. The Kier molecular flexibility index (Phi) is 4.86. The van der Waals surface area contributed by atoms with Crippen molar-refractivity contribution in [1.82, 2.24) is 10.3 Å². The van der Waals surface area contributed by atoms with Crippen molar-refractivity contribution in [1.29, 1.82) is 0 Å². The molecular weight excluding hydrogens is 228 g/mol. The highest BCUT2D eigenvalue weighted by Gasteiger charge is 2.20. The number of hydrogen-bond acceptors (Lipinski definition) is 3. The summed E-state index contributed by atoms with van der Waals surface area (Å²) in [6.45, 7) is 2.96. The van der Waals surface area contributed by atoms with E-state index in [-0.39, 0.29) is 0 Å². The van der Waals surface area contributed by atoms with Gasteiger partial charge < -0.3 is 5.32 Å². The molecule has 1 saturated carbocycles. The zero-order valence-electron chi connectivity index (χ0n) is 10.8. The van der Waals surface area contributed by atoms with E-state index in [2.05, 4.69) is 28.7 Å². The van der Waals surface area contributed by atoms with Crippen LogP contribution in [0.1, 0.15) is 37.1 Å². The van der Waals surface area contributed by atoms with Crippen LogP contribution in [-0.4, -0.2) is 22.5 Å². The van der Waals surface area contributed by atoms with Gasteiger partial charge in [0.05, 0.1) is 5.69 Å². The van der Waals surface area contributed by atoms with Gasteiger partial charge in [0.1, 0.15) is 0 Å². The van der Waals surface area contributed by atoms with E-state index in [9.17, 15) is 0 Å². The Balaban J connectivity index is 1.81. The average molecular weight is 250 g/mol. The minimum Gasteiger partial charge on any atom is -0.308 e. The van der Waals surface area contributed by atoms with Crippen molar-refractivity contribution in [2.45, 2.75) is 50.4 Å². The predicted octanol–water partition coefficient (Wildman–Crippen LogP) is 3.15. The molecular formula is C14H22N2S. The maximum atomic E-state index is 4.53. The molecule has 0 aliphatic heterocycles. The van der Waals surface area contributed by atoms with E-state index in [1.54, 1.807) is 0 Å². The van der Waals surface area contributed by atoms with Gasteiger partial charge in [-0.1, -0.05) is 12.5 Å². The molecule has 0 spiro atoms. The van der Waals surface area contributed by atoms with E-state index in [0.29, 0.717) is 6.04 Å². The van der Waals surface area contributed by atoms with Crippen LogP contribution in [0.3, 0.4) is 0 Å². The number of nitrogens with zero attached hydrogens (tertiary/aromatic N) is 1. The number of nitrogens with one attached hydrogen (secondary N) is 1. The number of aromatic nitrogens is 1. The number of pyridine rings is 1. The van der Waals surface area contributed by atoms with Gasteiger partial charge in [0.15, 0.2) is 0 Å². The lowest BCUT2D eigenvalue weighted by atomic mass is 9.95. The van der Waals surface area contributed by atoms with Crippen molar-refractivity contribution in [3.05, 3.63) is 29.6 Å². The lowest BCUT2D eigenvalue weighted by Crippen LogP contribution is -2.34. The number of rotatable bonds is 4. The first-order valence-corrected chi connectivity index (χ1v) is 7.75. The summed E-state index contributed by atoms with van der Waals surface area (Å²) in [7, 11) is 0. The fourth-order valence-corrected chi connectivity index (χ4v) is 3.32. The second-order valence-electron chi connectivity index (χ2n) is 4.87. The molecule has 0 amide bonds. The van der Waals surface area contributed by atoms with Crippen LogP contribution in [0.25, 0.3) is 0 Å². The van der Waals surface area contributed by atoms with Crippen molar-refractivity contribution in [2.24, 2.45) is 0 Å². The van der Waals surface area contributed by atoms with E-state index >= 15 is 0 Å². The molecule has 1 aromatic heterocycles. The SMILES string of the molecule is CSC1CCCC(NCc2cccc(C)n2)C1. The monoisotopic (exact) mass is 250 g/mol. The van der Waals surface area contributed by atoms with Gasteiger partial charge >= 0.3 is 0 Å². The first-order chi connectivity index (χ1) is 8.28. The van der Waals surface area contributed by atoms with Crippen LogP contribution >= 0.6 is 11.8 Å². The molecule has 2 unspecified atom stereocenters. The summed E-state index contributed by atoms with van der Waals surface area (Å²) in [6.07, 6.45) is 7.62. The molecule has 0 aromatic carbocycles. The Bertz CT molecular complexity index is 354. The Labute approximate surface area is 109 Å². The summed E-state index contributed by atoms with van der Waals surface area (Å²) in [4.78, 5) is 4.53. The van der Waals surface area contributed by atoms with E-state index in [1.807, 2.05) is 24.8 Å². The van der Waals surface area contributed by atoms with Gasteiger partial charge in [-0.15, -0.1) is 0 Å². The highest BCUT2D eigenvalue weighted by molar-refractivity contribution is 7.99. The largest absolute Gasteiger partial charge is 0.308 e. The van der Waals surface area contributed by atoms with Crippen molar-refractivity contribution >= 4 is 11.8 Å². The van der Waals surface area contributed by atoms with E-state index in [4.69, 9.17) is 0 Å². The molecule has 1 fully saturated rings. The zero-order valence-corrected chi connectivity index (χ0v) is 11.6.